The SMILES string of the molecule is [C-]#[N+]C1=C[C@]2(C)C3=CC(=O)[C@@H]4[C@@H]5CC(C)(C)CC[C@]5(NC(=O)/C(C#N)=C/c5ccccc5)CC[C@@]4(C)[C@]3(C)CC[C@H]2C(C)(C)C1=O. The predicted molar refractivity (Wildman–Crippen MR) is 178 cm³/mol. The molecule has 1 amide bonds. The van der Waals surface area contributed by atoms with Crippen LogP contribution in [0.4, 0.5) is 0 Å². The van der Waals surface area contributed by atoms with E-state index in [2.05, 4.69) is 50.8 Å². The second-order valence-electron chi connectivity index (χ2n) is 16.9. The maximum atomic E-state index is 14.7. The van der Waals surface area contributed by atoms with Crippen molar-refractivity contribution in [3.05, 3.63) is 76.3 Å². The lowest BCUT2D eigenvalue weighted by Crippen LogP contribution is -2.69. The van der Waals surface area contributed by atoms with Crippen LogP contribution < -0.4 is 5.32 Å². The van der Waals surface area contributed by atoms with E-state index in [1.165, 1.54) is 0 Å². The third-order valence-corrected chi connectivity index (χ3v) is 13.7. The molecule has 240 valence electrons. The van der Waals surface area contributed by atoms with Crippen LogP contribution in [0.15, 0.2) is 59.3 Å². The molecule has 1 N–H and O–H groups in total. The monoisotopic (exact) mass is 617 g/mol. The van der Waals surface area contributed by atoms with Gasteiger partial charge in [-0.25, -0.2) is 4.85 Å². The van der Waals surface area contributed by atoms with Crippen molar-refractivity contribution in [1.29, 1.82) is 5.26 Å². The number of amides is 1. The molecule has 0 radical (unpaired) electrons. The minimum Gasteiger partial charge on any atom is -0.346 e. The van der Waals surface area contributed by atoms with E-state index < -0.39 is 16.4 Å². The van der Waals surface area contributed by atoms with Crippen molar-refractivity contribution in [3.8, 4) is 6.07 Å². The van der Waals surface area contributed by atoms with Crippen LogP contribution >= 0.6 is 0 Å². The Morgan fingerprint density at radius 3 is 2.33 bits per heavy atom. The highest BCUT2D eigenvalue weighted by Gasteiger charge is 2.70. The average Bonchev–Trinajstić information content (AvgIpc) is 3.00. The highest BCUT2D eigenvalue weighted by molar-refractivity contribution is 6.03. The van der Waals surface area contributed by atoms with Gasteiger partial charge in [0.1, 0.15) is 11.6 Å². The summed E-state index contributed by atoms with van der Waals surface area (Å²) in [4.78, 5) is 45.6. The van der Waals surface area contributed by atoms with Crippen molar-refractivity contribution in [3.63, 3.8) is 0 Å². The molecule has 3 saturated carbocycles. The first kappa shape index (κ1) is 32.2. The number of nitrogens with zero attached hydrogens (tertiary/aromatic N) is 2. The Morgan fingerprint density at radius 1 is 1.00 bits per heavy atom. The van der Waals surface area contributed by atoms with Crippen LogP contribution in [-0.4, -0.2) is 23.0 Å². The minimum absolute atomic E-state index is 0.00154. The Bertz CT molecular complexity index is 1700. The molecular weight excluding hydrogens is 570 g/mol. The molecule has 0 bridgehead atoms. The first-order valence-corrected chi connectivity index (χ1v) is 16.9. The molecule has 5 aliphatic carbocycles. The topological polar surface area (TPSA) is 91.4 Å². The number of hydrogen-bond acceptors (Lipinski definition) is 4. The molecule has 6 rings (SSSR count). The largest absolute Gasteiger partial charge is 0.346 e. The number of allylic oxidation sites excluding steroid dienone is 4. The van der Waals surface area contributed by atoms with Gasteiger partial charge in [0.15, 0.2) is 11.6 Å². The van der Waals surface area contributed by atoms with Gasteiger partial charge in [0, 0.05) is 22.3 Å². The zero-order chi connectivity index (χ0) is 33.5. The molecule has 6 heteroatoms. The van der Waals surface area contributed by atoms with Gasteiger partial charge in [-0.1, -0.05) is 90.4 Å². The van der Waals surface area contributed by atoms with Gasteiger partial charge in [-0.15, -0.1) is 0 Å². The van der Waals surface area contributed by atoms with Gasteiger partial charge in [-0.2, -0.15) is 5.26 Å². The van der Waals surface area contributed by atoms with Gasteiger partial charge in [0.25, 0.3) is 5.91 Å². The highest BCUT2D eigenvalue weighted by atomic mass is 16.2. The molecular formula is C40H47N3O3. The number of Topliss-reactive ketones (excluding diaryl/α,β-unsaturated/α-hetero) is 1. The summed E-state index contributed by atoms with van der Waals surface area (Å²) in [5.74, 6) is -0.735. The van der Waals surface area contributed by atoms with Crippen molar-refractivity contribution >= 4 is 23.5 Å². The van der Waals surface area contributed by atoms with Gasteiger partial charge >= 0.3 is 0 Å². The predicted octanol–water partition coefficient (Wildman–Crippen LogP) is 8.03. The fourth-order valence-corrected chi connectivity index (χ4v) is 11.0. The number of carbonyl (C=O) groups excluding carboxylic acids is 3. The second-order valence-corrected chi connectivity index (χ2v) is 16.9. The third-order valence-electron chi connectivity index (χ3n) is 13.7. The van der Waals surface area contributed by atoms with Crippen molar-refractivity contribution < 1.29 is 14.4 Å². The van der Waals surface area contributed by atoms with Crippen LogP contribution in [0, 0.1) is 62.7 Å². The molecule has 0 unspecified atom stereocenters. The average molecular weight is 618 g/mol. The summed E-state index contributed by atoms with van der Waals surface area (Å²) in [7, 11) is 0. The van der Waals surface area contributed by atoms with Gasteiger partial charge in [-0.05, 0) is 90.7 Å². The molecule has 0 heterocycles. The van der Waals surface area contributed by atoms with Crippen molar-refractivity contribution in [2.24, 2.45) is 44.8 Å². The smallest absolute Gasteiger partial charge is 0.262 e. The number of nitrogens with one attached hydrogen (secondary N) is 1. The van der Waals surface area contributed by atoms with Crippen LogP contribution in [0.2, 0.25) is 0 Å². The molecule has 1 aromatic carbocycles. The molecule has 0 spiro atoms. The van der Waals surface area contributed by atoms with Crippen LogP contribution in [0.25, 0.3) is 10.9 Å². The summed E-state index contributed by atoms with van der Waals surface area (Å²) >= 11 is 0. The fourth-order valence-electron chi connectivity index (χ4n) is 11.0. The summed E-state index contributed by atoms with van der Waals surface area (Å²) in [6, 6.07) is 11.6. The van der Waals surface area contributed by atoms with E-state index in [1.807, 2.05) is 56.3 Å². The quantitative estimate of drug-likeness (QED) is 0.211. The summed E-state index contributed by atoms with van der Waals surface area (Å²) in [6.07, 6.45) is 11.1. The number of rotatable bonds is 3. The van der Waals surface area contributed by atoms with Crippen molar-refractivity contribution in [2.45, 2.75) is 99.0 Å². The number of nitriles is 1. The maximum absolute atomic E-state index is 14.7. The van der Waals surface area contributed by atoms with Crippen LogP contribution in [0.5, 0.6) is 0 Å². The van der Waals surface area contributed by atoms with Gasteiger partial charge < -0.3 is 10.1 Å². The number of hydrogen-bond donors (Lipinski definition) is 1. The zero-order valence-electron chi connectivity index (χ0n) is 28.4. The number of carbonyl (C=O) groups is 3. The van der Waals surface area contributed by atoms with Gasteiger partial charge in [-0.3, -0.25) is 9.59 Å². The number of ketones is 2. The maximum Gasteiger partial charge on any atom is 0.262 e. The lowest BCUT2D eigenvalue weighted by molar-refractivity contribution is -0.163. The molecule has 7 atom stereocenters. The summed E-state index contributed by atoms with van der Waals surface area (Å²) < 4.78 is 0. The van der Waals surface area contributed by atoms with Crippen LogP contribution in [0.3, 0.4) is 0 Å². The standard InChI is InChI=1S/C40H47N3O3/c1-35(2)16-18-40(43-34(46)26(24-41)20-25-12-10-9-11-13-25)19-17-39(7)32(27(40)22-35)29(44)21-31-37(5)23-28(42-8)33(45)36(3,4)30(37)14-15-38(31,39)6/h9-13,20-21,23,27,30,32H,14-19,22H2,1-7H3,(H,43,46)/b26-20+/t27-,30-,32-,37-,38+,39+,40-/m0/s1. The van der Waals surface area contributed by atoms with Crippen molar-refractivity contribution in [2.75, 3.05) is 0 Å². The second kappa shape index (κ2) is 10.4. The zero-order valence-corrected chi connectivity index (χ0v) is 28.4. The number of benzene rings is 1. The fraction of sp³-hybridized carbons (Fsp3) is 0.575. The Balaban J connectivity index is 1.44. The Hall–Kier alpha value is -3.77. The molecule has 6 nitrogen and oxygen atoms in total. The van der Waals surface area contributed by atoms with E-state index in [4.69, 9.17) is 6.57 Å². The molecule has 3 fully saturated rings. The Labute approximate surface area is 274 Å². The Morgan fingerprint density at radius 2 is 1.67 bits per heavy atom. The summed E-state index contributed by atoms with van der Waals surface area (Å²) in [6.45, 7) is 23.1. The third kappa shape index (κ3) is 4.43. The van der Waals surface area contributed by atoms with E-state index in [9.17, 15) is 19.6 Å². The first-order valence-electron chi connectivity index (χ1n) is 16.9. The molecule has 0 aliphatic heterocycles. The molecule has 46 heavy (non-hydrogen) atoms. The van der Waals surface area contributed by atoms with E-state index in [-0.39, 0.29) is 62.7 Å². The molecule has 0 saturated heterocycles. The minimum atomic E-state index is -0.697. The number of fused-ring (bicyclic) bond motifs is 7. The summed E-state index contributed by atoms with van der Waals surface area (Å²) in [5, 5.41) is 13.4. The van der Waals surface area contributed by atoms with Crippen LogP contribution in [-0.2, 0) is 14.4 Å². The van der Waals surface area contributed by atoms with Crippen LogP contribution in [0.1, 0.15) is 99.0 Å². The molecule has 5 aliphatic rings. The van der Waals surface area contributed by atoms with E-state index in [0.717, 1.165) is 56.1 Å². The van der Waals surface area contributed by atoms with E-state index in [1.54, 1.807) is 6.08 Å². The first-order chi connectivity index (χ1) is 21.5. The van der Waals surface area contributed by atoms with Gasteiger partial charge in [0.2, 0.25) is 5.70 Å². The van der Waals surface area contributed by atoms with Gasteiger partial charge in [0.05, 0.1) is 6.57 Å². The highest BCUT2D eigenvalue weighted by Crippen LogP contribution is 2.73. The van der Waals surface area contributed by atoms with E-state index in [0.29, 0.717) is 0 Å². The normalized spacial score (nSPS) is 39.2. The summed E-state index contributed by atoms with van der Waals surface area (Å²) in [5.41, 5.74) is -0.415. The molecule has 1 aromatic rings. The lowest BCUT2D eigenvalue weighted by Gasteiger charge is -2.69. The Kier molecular flexibility index (Phi) is 7.25. The molecule has 0 aromatic heterocycles. The van der Waals surface area contributed by atoms with E-state index >= 15 is 0 Å². The lowest BCUT2D eigenvalue weighted by atomic mass is 9.35. The van der Waals surface area contributed by atoms with Crippen molar-refractivity contribution in [1.82, 2.24) is 5.32 Å².